The Labute approximate surface area is 131 Å². The first-order valence-electron chi connectivity index (χ1n) is 6.44. The number of thiazole rings is 1. The number of hydrogen-bond donors (Lipinski definition) is 2. The highest BCUT2D eigenvalue weighted by Crippen LogP contribution is 2.14. The molecule has 0 radical (unpaired) electrons. The van der Waals surface area contributed by atoms with E-state index in [-0.39, 0.29) is 18.8 Å². The van der Waals surface area contributed by atoms with Crippen LogP contribution in [-0.4, -0.2) is 28.7 Å². The normalized spacial score (nSPS) is 10.5. The summed E-state index contributed by atoms with van der Waals surface area (Å²) in [5.41, 5.74) is 2.38. The van der Waals surface area contributed by atoms with Gasteiger partial charge in [0.2, 0.25) is 0 Å². The predicted molar refractivity (Wildman–Crippen MR) is 82.7 cm³/mol. The van der Waals surface area contributed by atoms with Crippen molar-refractivity contribution in [2.75, 3.05) is 6.54 Å². The van der Waals surface area contributed by atoms with Crippen molar-refractivity contribution < 1.29 is 19.4 Å². The van der Waals surface area contributed by atoms with Crippen LogP contribution in [0.15, 0.2) is 41.9 Å². The first-order valence-corrected chi connectivity index (χ1v) is 7.32. The Kier molecular flexibility index (Phi) is 5.67. The number of amides is 1. The third kappa shape index (κ3) is 4.71. The number of aromatic carboxylic acids is 1. The predicted octanol–water partition coefficient (Wildman–Crippen LogP) is 2.78. The average molecular weight is 318 g/mol. The van der Waals surface area contributed by atoms with Crippen LogP contribution in [0.1, 0.15) is 20.9 Å². The largest absolute Gasteiger partial charge is 0.476 e. The zero-order valence-electron chi connectivity index (χ0n) is 11.6. The fourth-order valence-corrected chi connectivity index (χ4v) is 2.31. The van der Waals surface area contributed by atoms with Gasteiger partial charge in [0, 0.05) is 6.54 Å². The summed E-state index contributed by atoms with van der Waals surface area (Å²) in [6.45, 7) is 0.443. The van der Waals surface area contributed by atoms with Crippen molar-refractivity contribution in [2.24, 2.45) is 0 Å². The molecule has 0 saturated heterocycles. The van der Waals surface area contributed by atoms with Crippen molar-refractivity contribution in [2.45, 2.75) is 6.61 Å². The number of benzene rings is 1. The fraction of sp³-hybridized carbons (Fsp3) is 0.133. The zero-order chi connectivity index (χ0) is 15.8. The number of aromatic nitrogens is 1. The second-order valence-corrected chi connectivity index (χ2v) is 5.10. The monoisotopic (exact) mass is 318 g/mol. The molecule has 0 spiro atoms. The second-order valence-electron chi connectivity index (χ2n) is 4.22. The van der Waals surface area contributed by atoms with Gasteiger partial charge in [0.1, 0.15) is 6.61 Å². The first-order chi connectivity index (χ1) is 10.7. The number of rotatable bonds is 6. The number of ether oxygens (including phenoxy) is 1. The van der Waals surface area contributed by atoms with Gasteiger partial charge in [-0.1, -0.05) is 36.4 Å². The van der Waals surface area contributed by atoms with E-state index in [9.17, 15) is 9.59 Å². The van der Waals surface area contributed by atoms with Gasteiger partial charge in [-0.2, -0.15) is 0 Å². The van der Waals surface area contributed by atoms with Crippen molar-refractivity contribution in [1.82, 2.24) is 10.3 Å². The van der Waals surface area contributed by atoms with Crippen LogP contribution in [0.3, 0.4) is 0 Å². The van der Waals surface area contributed by atoms with E-state index in [1.165, 1.54) is 16.8 Å². The smallest absolute Gasteiger partial charge is 0.407 e. The van der Waals surface area contributed by atoms with Crippen molar-refractivity contribution in [3.05, 3.63) is 58.1 Å². The van der Waals surface area contributed by atoms with E-state index in [4.69, 9.17) is 9.84 Å². The van der Waals surface area contributed by atoms with Crippen molar-refractivity contribution >= 4 is 29.5 Å². The maximum Gasteiger partial charge on any atom is 0.407 e. The molecule has 0 unspecified atom stereocenters. The molecule has 2 N–H and O–H groups in total. The standard InChI is InChI=1S/C15H14N2O4S/c18-14(19)13-12(22-10-17-13)7-4-8-16-15(20)21-9-11-5-2-1-3-6-11/h1-7,10H,8-9H2,(H,16,20)(H,18,19). The summed E-state index contributed by atoms with van der Waals surface area (Å²) >= 11 is 1.22. The number of carbonyl (C=O) groups excluding carboxylic acids is 1. The molecule has 22 heavy (non-hydrogen) atoms. The molecule has 0 bridgehead atoms. The first kappa shape index (κ1) is 15.7. The summed E-state index contributed by atoms with van der Waals surface area (Å²) in [5.74, 6) is -1.07. The Balaban J connectivity index is 1.74. The number of carbonyl (C=O) groups is 2. The Morgan fingerprint density at radius 1 is 1.32 bits per heavy atom. The van der Waals surface area contributed by atoms with Crippen LogP contribution >= 0.6 is 11.3 Å². The number of carboxylic acids is 1. The van der Waals surface area contributed by atoms with Gasteiger partial charge < -0.3 is 15.2 Å². The third-order valence-electron chi connectivity index (χ3n) is 2.64. The molecule has 0 aliphatic heterocycles. The van der Waals surface area contributed by atoms with E-state index in [1.54, 1.807) is 12.2 Å². The number of nitrogens with one attached hydrogen (secondary N) is 1. The maximum atomic E-state index is 11.5. The van der Waals surface area contributed by atoms with Crippen molar-refractivity contribution in [1.29, 1.82) is 0 Å². The summed E-state index contributed by atoms with van der Waals surface area (Å²) in [6.07, 6.45) is 2.72. The van der Waals surface area contributed by atoms with Gasteiger partial charge in [-0.25, -0.2) is 14.6 Å². The lowest BCUT2D eigenvalue weighted by Gasteiger charge is -2.05. The number of alkyl carbamates (subject to hydrolysis) is 1. The van der Waals surface area contributed by atoms with E-state index in [2.05, 4.69) is 10.3 Å². The Morgan fingerprint density at radius 2 is 2.09 bits per heavy atom. The van der Waals surface area contributed by atoms with Gasteiger partial charge in [-0.05, 0) is 11.6 Å². The molecule has 114 valence electrons. The van der Waals surface area contributed by atoms with E-state index in [0.29, 0.717) is 4.88 Å². The molecule has 1 amide bonds. The summed E-state index contributed by atoms with van der Waals surface area (Å²) in [4.78, 5) is 26.6. The van der Waals surface area contributed by atoms with Crippen LogP contribution in [-0.2, 0) is 11.3 Å². The van der Waals surface area contributed by atoms with Crippen LogP contribution < -0.4 is 5.32 Å². The highest BCUT2D eigenvalue weighted by Gasteiger charge is 2.10. The average Bonchev–Trinajstić information content (AvgIpc) is 2.99. The molecule has 2 rings (SSSR count). The lowest BCUT2D eigenvalue weighted by molar-refractivity contribution is 0.0691. The number of hydrogen-bond acceptors (Lipinski definition) is 5. The van der Waals surface area contributed by atoms with E-state index < -0.39 is 12.1 Å². The molecular weight excluding hydrogens is 304 g/mol. The molecule has 7 heteroatoms. The molecule has 6 nitrogen and oxygen atoms in total. The fourth-order valence-electron chi connectivity index (χ4n) is 1.62. The molecule has 0 aliphatic carbocycles. The van der Waals surface area contributed by atoms with Gasteiger partial charge >= 0.3 is 12.1 Å². The Hall–Kier alpha value is -2.67. The molecule has 2 aromatic rings. The van der Waals surface area contributed by atoms with Crippen LogP contribution in [0.5, 0.6) is 0 Å². The summed E-state index contributed by atoms with van der Waals surface area (Å²) in [7, 11) is 0. The van der Waals surface area contributed by atoms with Gasteiger partial charge in [-0.3, -0.25) is 0 Å². The summed E-state index contributed by atoms with van der Waals surface area (Å²) in [5, 5.41) is 11.5. The van der Waals surface area contributed by atoms with Crippen LogP contribution in [0, 0.1) is 0 Å². The minimum atomic E-state index is -1.07. The molecule has 0 atom stereocenters. The van der Waals surface area contributed by atoms with E-state index >= 15 is 0 Å². The van der Waals surface area contributed by atoms with Crippen molar-refractivity contribution in [3.8, 4) is 0 Å². The van der Waals surface area contributed by atoms with Crippen LogP contribution in [0.25, 0.3) is 6.08 Å². The van der Waals surface area contributed by atoms with Gasteiger partial charge in [-0.15, -0.1) is 11.3 Å². The molecule has 0 aliphatic rings. The molecule has 1 aromatic heterocycles. The summed E-state index contributed by atoms with van der Waals surface area (Å²) in [6, 6.07) is 9.36. The lowest BCUT2D eigenvalue weighted by Crippen LogP contribution is -2.24. The van der Waals surface area contributed by atoms with E-state index in [1.807, 2.05) is 30.3 Å². The summed E-state index contributed by atoms with van der Waals surface area (Å²) < 4.78 is 5.04. The van der Waals surface area contributed by atoms with Crippen LogP contribution in [0.2, 0.25) is 0 Å². The van der Waals surface area contributed by atoms with Gasteiger partial charge in [0.05, 0.1) is 10.4 Å². The quantitative estimate of drug-likeness (QED) is 0.855. The van der Waals surface area contributed by atoms with Crippen LogP contribution in [0.4, 0.5) is 4.79 Å². The second kappa shape index (κ2) is 7.94. The minimum Gasteiger partial charge on any atom is -0.476 e. The Morgan fingerprint density at radius 3 is 2.82 bits per heavy atom. The topological polar surface area (TPSA) is 88.5 Å². The SMILES string of the molecule is O=C(NCC=Cc1scnc1C(=O)O)OCc1ccccc1. The van der Waals surface area contributed by atoms with E-state index in [0.717, 1.165) is 5.56 Å². The Bertz CT molecular complexity index is 667. The van der Waals surface area contributed by atoms with Crippen molar-refractivity contribution in [3.63, 3.8) is 0 Å². The highest BCUT2D eigenvalue weighted by molar-refractivity contribution is 7.10. The molecule has 0 saturated carbocycles. The zero-order valence-corrected chi connectivity index (χ0v) is 12.4. The third-order valence-corrected chi connectivity index (χ3v) is 3.44. The maximum absolute atomic E-state index is 11.5. The molecular formula is C15H14N2O4S. The minimum absolute atomic E-state index is 0.00732. The number of nitrogens with zero attached hydrogens (tertiary/aromatic N) is 1. The van der Waals surface area contributed by atoms with Gasteiger partial charge in [0.25, 0.3) is 0 Å². The van der Waals surface area contributed by atoms with Gasteiger partial charge in [0.15, 0.2) is 5.69 Å². The molecule has 1 aromatic carbocycles. The molecule has 1 heterocycles. The number of carboxylic acid groups (broad SMARTS) is 1. The highest BCUT2D eigenvalue weighted by atomic mass is 32.1. The lowest BCUT2D eigenvalue weighted by atomic mass is 10.2. The molecule has 0 fully saturated rings.